The van der Waals surface area contributed by atoms with Gasteiger partial charge in [-0.3, -0.25) is 24.0 Å². The first-order valence-corrected chi connectivity index (χ1v) is 14.7. The quantitative estimate of drug-likeness (QED) is 0.170. The zero-order valence-electron chi connectivity index (χ0n) is 21.6. The van der Waals surface area contributed by atoms with Crippen molar-refractivity contribution in [3.8, 4) is 12.3 Å². The van der Waals surface area contributed by atoms with E-state index in [1.54, 1.807) is 6.92 Å². The van der Waals surface area contributed by atoms with Crippen LogP contribution >= 0.6 is 23.5 Å². The van der Waals surface area contributed by atoms with Gasteiger partial charge in [-0.2, -0.15) is 23.5 Å². The maximum absolute atomic E-state index is 12.8. The molecule has 3 saturated heterocycles. The van der Waals surface area contributed by atoms with Gasteiger partial charge in [-0.1, -0.05) is 0 Å². The number of aliphatic carboxylic acids is 2. The molecule has 3 heterocycles. The Kier molecular flexibility index (Phi) is 10.1. The van der Waals surface area contributed by atoms with Crippen molar-refractivity contribution in [2.75, 3.05) is 36.2 Å². The van der Waals surface area contributed by atoms with Gasteiger partial charge in [0.1, 0.15) is 0 Å². The fourth-order valence-electron chi connectivity index (χ4n) is 4.67. The second kappa shape index (κ2) is 12.7. The number of hydrogen-bond acceptors (Lipinski definition) is 10. The predicted molar refractivity (Wildman–Crippen MR) is 140 cm³/mol. The summed E-state index contributed by atoms with van der Waals surface area (Å²) in [5.41, 5.74) is -3.18. The molecule has 0 aliphatic carbocycles. The maximum Gasteiger partial charge on any atom is 0.352 e. The van der Waals surface area contributed by atoms with Gasteiger partial charge in [0.2, 0.25) is 29.3 Å². The Bertz CT molecular complexity index is 996. The SMILES string of the molecule is C#CCCC1(C)OCC(CSCCC(=O)O)(CSCC(C(=O)O)(N2C(=O)CCC2=O)N2C(=O)CCC2=O)CO1. The highest BCUT2D eigenvalue weighted by Crippen LogP contribution is 2.40. The van der Waals surface area contributed by atoms with E-state index in [2.05, 4.69) is 5.92 Å². The molecule has 14 heteroatoms. The van der Waals surface area contributed by atoms with Crippen LogP contribution in [0.3, 0.4) is 0 Å². The molecule has 3 fully saturated rings. The minimum Gasteiger partial charge on any atom is -0.481 e. The molecule has 0 saturated carbocycles. The van der Waals surface area contributed by atoms with E-state index in [4.69, 9.17) is 21.0 Å². The molecule has 0 radical (unpaired) electrons. The topological polar surface area (TPSA) is 168 Å². The van der Waals surface area contributed by atoms with Gasteiger partial charge in [0, 0.05) is 67.0 Å². The van der Waals surface area contributed by atoms with Gasteiger partial charge in [-0.05, 0) is 6.92 Å². The molecule has 0 unspecified atom stereocenters. The zero-order chi connectivity index (χ0) is 28.8. The van der Waals surface area contributed by atoms with Crippen LogP contribution in [0.25, 0.3) is 0 Å². The number of rotatable bonds is 14. The molecular formula is C25H32N2O10S2. The second-order valence-corrected chi connectivity index (χ2v) is 12.1. The predicted octanol–water partition coefficient (Wildman–Crippen LogP) is 1.17. The third-order valence-electron chi connectivity index (χ3n) is 6.86. The van der Waals surface area contributed by atoms with Crippen molar-refractivity contribution in [1.29, 1.82) is 0 Å². The second-order valence-electron chi connectivity index (χ2n) is 9.97. The van der Waals surface area contributed by atoms with Crippen LogP contribution in [-0.2, 0) is 38.2 Å². The van der Waals surface area contributed by atoms with Crippen molar-refractivity contribution < 1.29 is 48.5 Å². The van der Waals surface area contributed by atoms with E-state index in [-0.39, 0.29) is 51.1 Å². The summed E-state index contributed by atoms with van der Waals surface area (Å²) < 4.78 is 12.1. The van der Waals surface area contributed by atoms with Crippen LogP contribution in [-0.4, -0.2) is 103 Å². The molecule has 3 aliphatic heterocycles. The molecule has 0 atom stereocenters. The molecule has 3 aliphatic rings. The highest BCUT2D eigenvalue weighted by molar-refractivity contribution is 8.00. The fourth-order valence-corrected chi connectivity index (χ4v) is 7.43. The molecule has 0 aromatic rings. The monoisotopic (exact) mass is 584 g/mol. The Morgan fingerprint density at radius 2 is 1.44 bits per heavy atom. The Hall–Kier alpha value is -2.60. The number of carboxylic acids is 2. The smallest absolute Gasteiger partial charge is 0.352 e. The molecule has 3 rings (SSSR count). The van der Waals surface area contributed by atoms with Gasteiger partial charge in [0.05, 0.1) is 19.6 Å². The van der Waals surface area contributed by atoms with E-state index < -0.39 is 58.2 Å². The summed E-state index contributed by atoms with van der Waals surface area (Å²) in [6.07, 6.45) is 5.37. The van der Waals surface area contributed by atoms with E-state index >= 15 is 0 Å². The molecule has 12 nitrogen and oxygen atoms in total. The zero-order valence-corrected chi connectivity index (χ0v) is 23.3. The van der Waals surface area contributed by atoms with E-state index in [9.17, 15) is 33.9 Å². The van der Waals surface area contributed by atoms with Crippen LogP contribution in [0.2, 0.25) is 0 Å². The summed E-state index contributed by atoms with van der Waals surface area (Å²) in [5.74, 6) is -3.46. The molecule has 39 heavy (non-hydrogen) atoms. The largest absolute Gasteiger partial charge is 0.481 e. The number of carbonyl (C=O) groups excluding carboxylic acids is 4. The van der Waals surface area contributed by atoms with Crippen LogP contribution in [0.15, 0.2) is 0 Å². The fraction of sp³-hybridized carbons (Fsp3) is 0.680. The third kappa shape index (κ3) is 6.77. The van der Waals surface area contributed by atoms with Gasteiger partial charge in [-0.25, -0.2) is 14.6 Å². The summed E-state index contributed by atoms with van der Waals surface area (Å²) in [7, 11) is 0. The standard InChI is InChI=1S/C25H32N2O10S2/c1-3-4-10-23(2)36-12-24(13-37-23,14-38-11-9-21(32)33)15-39-16-25(22(34)35,26-17(28)5-6-18(26)29)27-19(30)7-8-20(27)31/h1H,4-16H2,2H3,(H,32,33)(H,34,35). The van der Waals surface area contributed by atoms with E-state index in [0.717, 1.165) is 11.8 Å². The number of hydrogen-bond donors (Lipinski definition) is 2. The van der Waals surface area contributed by atoms with Crippen molar-refractivity contribution in [3.05, 3.63) is 0 Å². The van der Waals surface area contributed by atoms with Crippen LogP contribution in [0.1, 0.15) is 51.9 Å². The van der Waals surface area contributed by atoms with Gasteiger partial charge in [-0.15, -0.1) is 12.3 Å². The highest BCUT2D eigenvalue weighted by Gasteiger charge is 2.61. The Labute approximate surface area is 234 Å². The van der Waals surface area contributed by atoms with E-state index in [1.807, 2.05) is 0 Å². The lowest BCUT2D eigenvalue weighted by Crippen LogP contribution is -2.70. The van der Waals surface area contributed by atoms with Crippen molar-refractivity contribution in [3.63, 3.8) is 0 Å². The summed E-state index contributed by atoms with van der Waals surface area (Å²) in [6.45, 7) is 2.17. The molecule has 2 N–H and O–H groups in total. The number of terminal acetylenes is 1. The van der Waals surface area contributed by atoms with Crippen LogP contribution in [0.4, 0.5) is 0 Å². The molecular weight excluding hydrogens is 552 g/mol. The summed E-state index contributed by atoms with van der Waals surface area (Å²) >= 11 is 2.44. The first-order chi connectivity index (χ1) is 18.4. The molecule has 0 spiro atoms. The van der Waals surface area contributed by atoms with Gasteiger partial charge < -0.3 is 19.7 Å². The maximum atomic E-state index is 12.8. The van der Waals surface area contributed by atoms with Crippen LogP contribution < -0.4 is 0 Å². The number of carbonyl (C=O) groups is 6. The van der Waals surface area contributed by atoms with Crippen molar-refractivity contribution in [2.45, 2.75) is 63.3 Å². The van der Waals surface area contributed by atoms with Crippen molar-refractivity contribution >= 4 is 59.1 Å². The molecule has 0 bridgehead atoms. The first kappa shape index (κ1) is 30.9. The number of ether oxygens (including phenoxy) is 2. The number of amides is 4. The molecule has 0 aromatic carbocycles. The molecule has 4 amide bonds. The van der Waals surface area contributed by atoms with Gasteiger partial charge in [0.15, 0.2) is 5.79 Å². The summed E-state index contributed by atoms with van der Waals surface area (Å²) in [5, 5.41) is 19.3. The van der Waals surface area contributed by atoms with Gasteiger partial charge in [0.25, 0.3) is 0 Å². The van der Waals surface area contributed by atoms with E-state index in [0.29, 0.717) is 34.1 Å². The number of likely N-dealkylation sites (tertiary alicyclic amines) is 2. The van der Waals surface area contributed by atoms with Crippen molar-refractivity contribution in [2.24, 2.45) is 5.41 Å². The normalized spacial score (nSPS) is 25.8. The lowest BCUT2D eigenvalue weighted by Gasteiger charge is -2.46. The lowest BCUT2D eigenvalue weighted by molar-refractivity contribution is -0.289. The van der Waals surface area contributed by atoms with E-state index in [1.165, 1.54) is 11.8 Å². The number of thioether (sulfide) groups is 2. The van der Waals surface area contributed by atoms with Crippen molar-refractivity contribution in [1.82, 2.24) is 9.80 Å². The molecule has 214 valence electrons. The Balaban J connectivity index is 1.84. The highest BCUT2D eigenvalue weighted by atomic mass is 32.2. The third-order valence-corrected chi connectivity index (χ3v) is 9.59. The lowest BCUT2D eigenvalue weighted by atomic mass is 9.93. The average molecular weight is 585 g/mol. The minimum absolute atomic E-state index is 0.0457. The van der Waals surface area contributed by atoms with Crippen LogP contribution in [0, 0.1) is 17.8 Å². The van der Waals surface area contributed by atoms with Gasteiger partial charge >= 0.3 is 11.9 Å². The number of nitrogens with zero attached hydrogens (tertiary/aromatic N) is 2. The average Bonchev–Trinajstić information content (AvgIpc) is 3.40. The molecule has 0 aromatic heterocycles. The first-order valence-electron chi connectivity index (χ1n) is 12.4. The number of imide groups is 2. The minimum atomic E-state index is -2.49. The van der Waals surface area contributed by atoms with Crippen LogP contribution in [0.5, 0.6) is 0 Å². The summed E-state index contributed by atoms with van der Waals surface area (Å²) in [6, 6.07) is 0. The Morgan fingerprint density at radius 3 is 1.87 bits per heavy atom. The Morgan fingerprint density at radius 1 is 0.949 bits per heavy atom. The summed E-state index contributed by atoms with van der Waals surface area (Å²) in [4.78, 5) is 75.6. The number of carboxylic acid groups (broad SMARTS) is 2.